The van der Waals surface area contributed by atoms with Crippen molar-refractivity contribution in [3.8, 4) is 11.8 Å². The van der Waals surface area contributed by atoms with Gasteiger partial charge in [0.2, 0.25) is 0 Å². The highest BCUT2D eigenvalue weighted by atomic mass is 19.2. The first-order chi connectivity index (χ1) is 11.5. The first kappa shape index (κ1) is 17.4. The van der Waals surface area contributed by atoms with Gasteiger partial charge in [0.15, 0.2) is 17.5 Å². The summed E-state index contributed by atoms with van der Waals surface area (Å²) in [7, 11) is 0. The summed E-state index contributed by atoms with van der Waals surface area (Å²) in [6.07, 6.45) is 10.0. The van der Waals surface area contributed by atoms with Crippen molar-refractivity contribution in [1.82, 2.24) is 0 Å². The van der Waals surface area contributed by atoms with Crippen LogP contribution in [0.15, 0.2) is 12.1 Å². The first-order valence-corrected chi connectivity index (χ1v) is 9.19. The highest BCUT2D eigenvalue weighted by molar-refractivity contribution is 5.35. The fourth-order valence-electron chi connectivity index (χ4n) is 4.31. The fraction of sp³-hybridized carbons (Fsp3) is 0.619. The fourth-order valence-corrected chi connectivity index (χ4v) is 4.31. The predicted molar refractivity (Wildman–Crippen MR) is 89.8 cm³/mol. The molecule has 0 saturated heterocycles. The Morgan fingerprint density at radius 2 is 1.29 bits per heavy atom. The summed E-state index contributed by atoms with van der Waals surface area (Å²) in [5, 5.41) is 0. The monoisotopic (exact) mass is 334 g/mol. The van der Waals surface area contributed by atoms with E-state index in [1.165, 1.54) is 38.5 Å². The Kier molecular flexibility index (Phi) is 5.54. The predicted octanol–water partition coefficient (Wildman–Crippen LogP) is 6.09. The van der Waals surface area contributed by atoms with Gasteiger partial charge in [-0.3, -0.25) is 0 Å². The minimum absolute atomic E-state index is 0.217. The van der Waals surface area contributed by atoms with Crippen molar-refractivity contribution in [2.24, 2.45) is 23.7 Å². The molecule has 0 amide bonds. The van der Waals surface area contributed by atoms with E-state index in [1.807, 2.05) is 0 Å². The average molecular weight is 334 g/mol. The highest BCUT2D eigenvalue weighted by Crippen LogP contribution is 2.41. The molecule has 2 saturated carbocycles. The third-order valence-corrected chi connectivity index (χ3v) is 5.90. The molecular weight excluding hydrogens is 309 g/mol. The lowest BCUT2D eigenvalue weighted by Gasteiger charge is -2.36. The van der Waals surface area contributed by atoms with Crippen molar-refractivity contribution < 1.29 is 13.2 Å². The normalized spacial score (nSPS) is 30.5. The van der Waals surface area contributed by atoms with Crippen LogP contribution in [0.4, 0.5) is 13.2 Å². The molecule has 24 heavy (non-hydrogen) atoms. The molecule has 130 valence electrons. The van der Waals surface area contributed by atoms with Gasteiger partial charge in [-0.2, -0.15) is 0 Å². The lowest BCUT2D eigenvalue weighted by molar-refractivity contribution is 0.162. The maximum absolute atomic E-state index is 13.2. The number of halogens is 3. The largest absolute Gasteiger partial charge is 0.204 e. The Morgan fingerprint density at radius 3 is 1.83 bits per heavy atom. The molecule has 0 unspecified atom stereocenters. The van der Waals surface area contributed by atoms with Crippen LogP contribution in [0, 0.1) is 53.0 Å². The van der Waals surface area contributed by atoms with E-state index >= 15 is 0 Å². The number of rotatable bonds is 1. The maximum atomic E-state index is 13.2. The summed E-state index contributed by atoms with van der Waals surface area (Å²) in [5.41, 5.74) is 0.217. The highest BCUT2D eigenvalue weighted by Gasteiger charge is 2.29. The van der Waals surface area contributed by atoms with Gasteiger partial charge in [-0.05, 0) is 68.4 Å². The van der Waals surface area contributed by atoms with E-state index < -0.39 is 17.5 Å². The van der Waals surface area contributed by atoms with Gasteiger partial charge in [-0.25, -0.2) is 13.2 Å². The van der Waals surface area contributed by atoms with Crippen molar-refractivity contribution in [1.29, 1.82) is 0 Å². The van der Waals surface area contributed by atoms with Crippen LogP contribution in [0.1, 0.15) is 63.9 Å². The van der Waals surface area contributed by atoms with E-state index in [2.05, 4.69) is 18.8 Å². The van der Waals surface area contributed by atoms with Gasteiger partial charge in [0.1, 0.15) is 0 Å². The van der Waals surface area contributed by atoms with Gasteiger partial charge in [-0.15, -0.1) is 0 Å². The number of hydrogen-bond donors (Lipinski definition) is 0. The molecule has 0 nitrogen and oxygen atoms in total. The van der Waals surface area contributed by atoms with Crippen molar-refractivity contribution >= 4 is 0 Å². The SMILES string of the molecule is CC1CCC(C2CCC(C#Cc3cc(F)c(F)c(F)c3)CC2)CC1. The van der Waals surface area contributed by atoms with Crippen molar-refractivity contribution in [3.63, 3.8) is 0 Å². The minimum Gasteiger partial charge on any atom is -0.204 e. The molecule has 0 atom stereocenters. The van der Waals surface area contributed by atoms with E-state index in [0.717, 1.165) is 42.7 Å². The maximum Gasteiger partial charge on any atom is 0.194 e. The molecule has 0 heterocycles. The second kappa shape index (κ2) is 7.64. The average Bonchev–Trinajstić information content (AvgIpc) is 2.59. The van der Waals surface area contributed by atoms with Gasteiger partial charge in [0.05, 0.1) is 0 Å². The van der Waals surface area contributed by atoms with Gasteiger partial charge in [-0.1, -0.05) is 31.6 Å². The molecule has 0 aromatic heterocycles. The van der Waals surface area contributed by atoms with Gasteiger partial charge >= 0.3 is 0 Å². The van der Waals surface area contributed by atoms with Gasteiger partial charge in [0, 0.05) is 11.5 Å². The molecule has 2 aliphatic rings. The van der Waals surface area contributed by atoms with E-state index in [1.54, 1.807) is 0 Å². The van der Waals surface area contributed by atoms with Gasteiger partial charge < -0.3 is 0 Å². The Morgan fingerprint density at radius 1 is 0.792 bits per heavy atom. The van der Waals surface area contributed by atoms with E-state index in [4.69, 9.17) is 0 Å². The molecule has 0 radical (unpaired) electrons. The lowest BCUT2D eigenvalue weighted by Crippen LogP contribution is -2.24. The summed E-state index contributed by atoms with van der Waals surface area (Å²) < 4.78 is 39.4. The zero-order valence-electron chi connectivity index (χ0n) is 14.3. The summed E-state index contributed by atoms with van der Waals surface area (Å²) in [6.45, 7) is 2.35. The zero-order valence-corrected chi connectivity index (χ0v) is 14.3. The number of hydrogen-bond acceptors (Lipinski definition) is 0. The Balaban J connectivity index is 1.54. The molecule has 2 fully saturated rings. The second-order valence-corrected chi connectivity index (χ2v) is 7.65. The molecule has 2 aliphatic carbocycles. The molecular formula is C21H25F3. The van der Waals surface area contributed by atoms with Crippen molar-refractivity contribution in [2.45, 2.75) is 58.3 Å². The molecule has 1 aromatic rings. The second-order valence-electron chi connectivity index (χ2n) is 7.65. The minimum atomic E-state index is -1.43. The van der Waals surface area contributed by atoms with Gasteiger partial charge in [0.25, 0.3) is 0 Å². The van der Waals surface area contributed by atoms with Crippen LogP contribution in [-0.2, 0) is 0 Å². The lowest BCUT2D eigenvalue weighted by atomic mass is 9.69. The molecule has 3 rings (SSSR count). The van der Waals surface area contributed by atoms with E-state index in [0.29, 0.717) is 5.92 Å². The molecule has 1 aromatic carbocycles. The topological polar surface area (TPSA) is 0 Å². The summed E-state index contributed by atoms with van der Waals surface area (Å²) in [5.74, 6) is 5.09. The standard InChI is InChI=1S/C21H25F3/c1-14-2-8-17(9-3-14)18-10-6-15(7-11-18)4-5-16-12-19(22)21(24)20(23)13-16/h12-15,17-18H,2-3,6-11H2,1H3. The van der Waals surface area contributed by atoms with Crippen LogP contribution < -0.4 is 0 Å². The van der Waals surface area contributed by atoms with Crippen molar-refractivity contribution in [2.75, 3.05) is 0 Å². The number of benzene rings is 1. The van der Waals surface area contributed by atoms with E-state index in [-0.39, 0.29) is 5.56 Å². The van der Waals surface area contributed by atoms with Crippen LogP contribution in [-0.4, -0.2) is 0 Å². The Hall–Kier alpha value is -1.43. The van der Waals surface area contributed by atoms with Crippen LogP contribution in [0.2, 0.25) is 0 Å². The van der Waals surface area contributed by atoms with Crippen LogP contribution in [0.3, 0.4) is 0 Å². The smallest absolute Gasteiger partial charge is 0.194 e. The van der Waals surface area contributed by atoms with Crippen LogP contribution >= 0.6 is 0 Å². The molecule has 0 aliphatic heterocycles. The Bertz CT molecular complexity index is 601. The third kappa shape index (κ3) is 4.15. The molecule has 3 heteroatoms. The third-order valence-electron chi connectivity index (χ3n) is 5.90. The summed E-state index contributed by atoms with van der Waals surface area (Å²) in [4.78, 5) is 0. The molecule has 0 spiro atoms. The van der Waals surface area contributed by atoms with Crippen LogP contribution in [0.25, 0.3) is 0 Å². The first-order valence-electron chi connectivity index (χ1n) is 9.19. The summed E-state index contributed by atoms with van der Waals surface area (Å²) >= 11 is 0. The molecule has 0 N–H and O–H groups in total. The van der Waals surface area contributed by atoms with E-state index in [9.17, 15) is 13.2 Å². The van der Waals surface area contributed by atoms with Crippen LogP contribution in [0.5, 0.6) is 0 Å². The zero-order chi connectivity index (χ0) is 17.1. The Labute approximate surface area is 142 Å². The molecule has 0 bridgehead atoms. The summed E-state index contributed by atoms with van der Waals surface area (Å²) in [6, 6.07) is 1.94. The quantitative estimate of drug-likeness (QED) is 0.431. The van der Waals surface area contributed by atoms with Crippen molar-refractivity contribution in [3.05, 3.63) is 35.1 Å².